The molecule has 5 rings (SSSR count). The van der Waals surface area contributed by atoms with Crippen molar-refractivity contribution in [3.8, 4) is 5.69 Å². The van der Waals surface area contributed by atoms with Gasteiger partial charge in [-0.3, -0.25) is 9.78 Å². The lowest BCUT2D eigenvalue weighted by Crippen LogP contribution is -2.58. The van der Waals surface area contributed by atoms with Crippen LogP contribution in [-0.4, -0.2) is 55.5 Å². The molecule has 2 aliphatic rings. The van der Waals surface area contributed by atoms with Crippen LogP contribution >= 0.6 is 11.6 Å². The molecule has 0 bridgehead atoms. The van der Waals surface area contributed by atoms with Crippen LogP contribution in [0.15, 0.2) is 41.9 Å². The second-order valence-electron chi connectivity index (χ2n) is 11.6. The number of rotatable bonds is 5. The number of carbonyl (C=O) groups excluding carboxylic acids is 1. The molecule has 1 aliphatic carbocycles. The molecular weight excluding hydrogens is 536 g/mol. The van der Waals surface area contributed by atoms with Crippen molar-refractivity contribution in [2.45, 2.75) is 84.7 Å². The number of amides is 1. The largest absolute Gasteiger partial charge is 0.355 e. The number of hydrogen-bond donors (Lipinski definition) is 0. The highest BCUT2D eigenvalue weighted by atomic mass is 35.5. The molecule has 3 aromatic rings. The maximum Gasteiger partial charge on any atom is 0.355 e. The van der Waals surface area contributed by atoms with Gasteiger partial charge in [0.05, 0.1) is 27.5 Å². The number of piperazine rings is 1. The zero-order valence-electron chi connectivity index (χ0n) is 24.7. The Morgan fingerprint density at radius 1 is 1.15 bits per heavy atom. The van der Waals surface area contributed by atoms with Crippen LogP contribution < -0.4 is 10.6 Å². The van der Waals surface area contributed by atoms with Gasteiger partial charge in [-0.25, -0.2) is 14.3 Å². The van der Waals surface area contributed by atoms with E-state index in [4.69, 9.17) is 16.6 Å². The van der Waals surface area contributed by atoms with Crippen molar-refractivity contribution in [3.05, 3.63) is 69.5 Å². The predicted molar refractivity (Wildman–Crippen MR) is 166 cm³/mol. The van der Waals surface area contributed by atoms with Crippen molar-refractivity contribution in [3.63, 3.8) is 0 Å². The Balaban J connectivity index is 1.78. The number of nitrogens with zero attached hydrogens (tertiary/aromatic N) is 6. The van der Waals surface area contributed by atoms with Crippen LogP contribution in [0.2, 0.25) is 5.02 Å². The van der Waals surface area contributed by atoms with Crippen molar-refractivity contribution < 1.29 is 4.79 Å². The average Bonchev–Trinajstić information content (AvgIpc) is 3.23. The SMILES string of the molecule is C=CC(=O)N1CC(C)N(c2nc(=O)n(-c3c(C)ccnc3C(C)C)c3nc(C4=CCCCCC4)c(Cl)cc23)CC1C. The highest BCUT2D eigenvalue weighted by molar-refractivity contribution is 6.33. The van der Waals surface area contributed by atoms with Gasteiger partial charge in [0, 0.05) is 31.4 Å². The van der Waals surface area contributed by atoms with E-state index in [9.17, 15) is 9.59 Å². The third-order valence-electron chi connectivity index (χ3n) is 8.29. The summed E-state index contributed by atoms with van der Waals surface area (Å²) in [5.74, 6) is 0.519. The topological polar surface area (TPSA) is 84.2 Å². The van der Waals surface area contributed by atoms with Gasteiger partial charge in [-0.1, -0.05) is 44.5 Å². The Bertz CT molecular complexity index is 1590. The summed E-state index contributed by atoms with van der Waals surface area (Å²) in [6, 6.07) is 3.65. The average molecular weight is 575 g/mol. The molecule has 1 saturated heterocycles. The number of aryl methyl sites for hydroxylation is 1. The molecule has 0 N–H and O–H groups in total. The molecule has 8 nitrogen and oxygen atoms in total. The lowest BCUT2D eigenvalue weighted by molar-refractivity contribution is -0.128. The van der Waals surface area contributed by atoms with Gasteiger partial charge in [0.2, 0.25) is 5.91 Å². The Hall–Kier alpha value is -3.52. The van der Waals surface area contributed by atoms with E-state index in [1.807, 2.05) is 37.8 Å². The first kappa shape index (κ1) is 29.0. The minimum Gasteiger partial charge on any atom is -0.349 e. The van der Waals surface area contributed by atoms with E-state index in [-0.39, 0.29) is 23.9 Å². The molecule has 0 aromatic carbocycles. The van der Waals surface area contributed by atoms with Gasteiger partial charge >= 0.3 is 5.69 Å². The molecule has 9 heteroatoms. The summed E-state index contributed by atoms with van der Waals surface area (Å²) in [5, 5.41) is 1.25. The fourth-order valence-electron chi connectivity index (χ4n) is 6.11. The molecule has 0 radical (unpaired) electrons. The van der Waals surface area contributed by atoms with E-state index in [1.54, 1.807) is 10.8 Å². The zero-order chi connectivity index (χ0) is 29.4. The molecule has 216 valence electrons. The predicted octanol–water partition coefficient (Wildman–Crippen LogP) is 6.22. The summed E-state index contributed by atoms with van der Waals surface area (Å²) in [7, 11) is 0. The lowest BCUT2D eigenvalue weighted by atomic mass is 10.0. The monoisotopic (exact) mass is 574 g/mol. The third-order valence-corrected chi connectivity index (χ3v) is 8.58. The van der Waals surface area contributed by atoms with Crippen LogP contribution in [-0.2, 0) is 4.79 Å². The highest BCUT2D eigenvalue weighted by Gasteiger charge is 2.34. The van der Waals surface area contributed by atoms with Crippen molar-refractivity contribution in [1.29, 1.82) is 0 Å². The zero-order valence-corrected chi connectivity index (χ0v) is 25.4. The maximum atomic E-state index is 14.1. The minimum absolute atomic E-state index is 0.0826. The fourth-order valence-corrected chi connectivity index (χ4v) is 6.38. The van der Waals surface area contributed by atoms with Gasteiger partial charge in [-0.05, 0) is 81.7 Å². The number of halogens is 1. The van der Waals surface area contributed by atoms with E-state index in [2.05, 4.69) is 41.4 Å². The van der Waals surface area contributed by atoms with Gasteiger partial charge in [0.15, 0.2) is 5.65 Å². The van der Waals surface area contributed by atoms with Gasteiger partial charge in [0.1, 0.15) is 5.82 Å². The molecule has 1 amide bonds. The van der Waals surface area contributed by atoms with Crippen LogP contribution in [0.25, 0.3) is 22.3 Å². The number of allylic oxidation sites excluding steroid dienone is 2. The van der Waals surface area contributed by atoms with Crippen molar-refractivity contribution in [2.24, 2.45) is 0 Å². The molecule has 0 spiro atoms. The standard InChI is InChI=1S/C32H39ClN6O2/c1-7-26(40)37-17-22(6)38(18-21(37)5)30-24-16-25(33)28(23-12-10-8-9-11-13-23)35-31(24)39(32(41)36-30)29-20(4)14-15-34-27(29)19(2)3/h7,12,14-16,19,21-22H,1,8-11,13,17-18H2,2-6H3. The molecule has 3 aromatic heterocycles. The quantitative estimate of drug-likeness (QED) is 0.336. The first-order chi connectivity index (χ1) is 19.6. The molecule has 2 unspecified atom stereocenters. The Morgan fingerprint density at radius 2 is 1.93 bits per heavy atom. The number of anilines is 1. The second kappa shape index (κ2) is 11.8. The normalized spacial score (nSPS) is 19.8. The van der Waals surface area contributed by atoms with Crippen LogP contribution in [0, 0.1) is 6.92 Å². The van der Waals surface area contributed by atoms with Crippen molar-refractivity contribution >= 4 is 39.9 Å². The number of carbonyl (C=O) groups is 1. The van der Waals surface area contributed by atoms with E-state index >= 15 is 0 Å². The maximum absolute atomic E-state index is 14.1. The minimum atomic E-state index is -0.412. The van der Waals surface area contributed by atoms with Gasteiger partial charge in [-0.15, -0.1) is 0 Å². The number of fused-ring (bicyclic) bond motifs is 1. The summed E-state index contributed by atoms with van der Waals surface area (Å²) in [5.41, 5.74) is 4.41. The molecule has 0 saturated carbocycles. The number of aromatic nitrogens is 4. The molecule has 1 fully saturated rings. The van der Waals surface area contributed by atoms with E-state index in [0.29, 0.717) is 35.0 Å². The van der Waals surface area contributed by atoms with Gasteiger partial charge in [0.25, 0.3) is 0 Å². The first-order valence-electron chi connectivity index (χ1n) is 14.6. The van der Waals surface area contributed by atoms with E-state index in [0.717, 1.165) is 53.9 Å². The summed E-state index contributed by atoms with van der Waals surface area (Å²) in [4.78, 5) is 45.0. The van der Waals surface area contributed by atoms with Crippen molar-refractivity contribution in [1.82, 2.24) is 24.4 Å². The van der Waals surface area contributed by atoms with Crippen LogP contribution in [0.1, 0.15) is 82.7 Å². The molecule has 41 heavy (non-hydrogen) atoms. The van der Waals surface area contributed by atoms with Gasteiger partial charge in [-0.2, -0.15) is 4.98 Å². The summed E-state index contributed by atoms with van der Waals surface area (Å²) in [6.45, 7) is 14.8. The Kier molecular flexibility index (Phi) is 8.32. The third kappa shape index (κ3) is 5.42. The van der Waals surface area contributed by atoms with Crippen LogP contribution in [0.3, 0.4) is 0 Å². The van der Waals surface area contributed by atoms with Crippen molar-refractivity contribution in [2.75, 3.05) is 18.0 Å². The Labute approximate surface area is 246 Å². The summed E-state index contributed by atoms with van der Waals surface area (Å²) >= 11 is 6.99. The lowest BCUT2D eigenvalue weighted by Gasteiger charge is -2.44. The molecule has 2 atom stereocenters. The van der Waals surface area contributed by atoms with E-state index < -0.39 is 5.69 Å². The van der Waals surface area contributed by atoms with Crippen LogP contribution in [0.5, 0.6) is 0 Å². The second-order valence-corrected chi connectivity index (χ2v) is 12.0. The molecule has 1 aliphatic heterocycles. The van der Waals surface area contributed by atoms with Crippen LogP contribution in [0.4, 0.5) is 5.82 Å². The summed E-state index contributed by atoms with van der Waals surface area (Å²) < 4.78 is 1.62. The molecule has 4 heterocycles. The van der Waals surface area contributed by atoms with Gasteiger partial charge < -0.3 is 9.80 Å². The first-order valence-corrected chi connectivity index (χ1v) is 15.0. The fraction of sp³-hybridized carbons (Fsp3) is 0.469. The summed E-state index contributed by atoms with van der Waals surface area (Å²) in [6.07, 6.45) is 10.7. The highest BCUT2D eigenvalue weighted by Crippen LogP contribution is 2.36. The number of hydrogen-bond acceptors (Lipinski definition) is 6. The molecular formula is C32H39ClN6O2. The van der Waals surface area contributed by atoms with E-state index in [1.165, 1.54) is 12.5 Å². The Morgan fingerprint density at radius 3 is 2.66 bits per heavy atom. The smallest absolute Gasteiger partial charge is 0.349 e. The number of pyridine rings is 2.